The standard InChI is InChI=1S/C36H38F3N3/c1-19(2)24-13-21(5)31-22(6)32-30(16-25(31)15-24)41-18-40(20(3)4)28-12-11-27-26-10-9-23(17-35(7,8)36(37,38)39)14-29(26)42(32)33(27)34(28)41/h9-16,19-20H,17-18H2,1-8H3. The first kappa shape index (κ1) is 27.2. The molecule has 0 saturated heterocycles. The SMILES string of the molecule is Cc1cc(C(C)C)cc2cc3c(c(C)c12)-n1c2cc(CC(C)(C)C(F)(F)F)ccc2c2ccc4c(c21)N3CN4C(C)C. The van der Waals surface area contributed by atoms with Gasteiger partial charge in [-0.3, -0.25) is 0 Å². The summed E-state index contributed by atoms with van der Waals surface area (Å²) in [5, 5.41) is 4.70. The normalized spacial score (nSPS) is 14.9. The van der Waals surface area contributed by atoms with E-state index < -0.39 is 11.6 Å². The van der Waals surface area contributed by atoms with Gasteiger partial charge in [-0.15, -0.1) is 0 Å². The highest BCUT2D eigenvalue weighted by Crippen LogP contribution is 2.55. The Morgan fingerprint density at radius 1 is 0.833 bits per heavy atom. The molecule has 0 saturated carbocycles. The van der Waals surface area contributed by atoms with Gasteiger partial charge < -0.3 is 14.4 Å². The predicted molar refractivity (Wildman–Crippen MR) is 170 cm³/mol. The van der Waals surface area contributed by atoms with Gasteiger partial charge in [0, 0.05) is 16.8 Å². The highest BCUT2D eigenvalue weighted by atomic mass is 19.4. The zero-order chi connectivity index (χ0) is 30.0. The summed E-state index contributed by atoms with van der Waals surface area (Å²) < 4.78 is 44.1. The maximum atomic E-state index is 13.9. The molecule has 42 heavy (non-hydrogen) atoms. The van der Waals surface area contributed by atoms with E-state index in [1.165, 1.54) is 52.7 Å². The van der Waals surface area contributed by atoms with Crippen LogP contribution in [0.2, 0.25) is 0 Å². The minimum Gasteiger partial charge on any atom is -0.349 e. The lowest BCUT2D eigenvalue weighted by Gasteiger charge is -2.32. The second-order valence-electron chi connectivity index (χ2n) is 13.7. The molecule has 4 aromatic carbocycles. The Balaban J connectivity index is 1.59. The molecule has 218 valence electrons. The summed E-state index contributed by atoms with van der Waals surface area (Å²) in [7, 11) is 0. The lowest BCUT2D eigenvalue weighted by atomic mass is 9.85. The molecule has 6 heteroatoms. The average Bonchev–Trinajstić information content (AvgIpc) is 3.43. The number of alkyl halides is 3. The van der Waals surface area contributed by atoms with Gasteiger partial charge in [0.2, 0.25) is 0 Å². The molecule has 0 atom stereocenters. The first-order chi connectivity index (χ1) is 19.7. The van der Waals surface area contributed by atoms with Crippen LogP contribution in [0.25, 0.3) is 38.3 Å². The van der Waals surface area contributed by atoms with Crippen molar-refractivity contribution in [3.8, 4) is 5.69 Å². The van der Waals surface area contributed by atoms with Gasteiger partial charge in [0.05, 0.1) is 45.9 Å². The zero-order valence-electron chi connectivity index (χ0n) is 25.7. The number of nitrogens with zero attached hydrogens (tertiary/aromatic N) is 3. The number of hydrogen-bond donors (Lipinski definition) is 0. The van der Waals surface area contributed by atoms with E-state index in [4.69, 9.17) is 0 Å². The number of aryl methyl sites for hydroxylation is 2. The highest BCUT2D eigenvalue weighted by molar-refractivity contribution is 6.20. The number of benzene rings is 4. The van der Waals surface area contributed by atoms with E-state index >= 15 is 0 Å². The van der Waals surface area contributed by atoms with Gasteiger partial charge in [-0.2, -0.15) is 13.2 Å². The molecule has 0 aliphatic carbocycles. The number of aromatic nitrogens is 1. The molecule has 2 aliphatic heterocycles. The predicted octanol–water partition coefficient (Wildman–Crippen LogP) is 10.4. The van der Waals surface area contributed by atoms with E-state index in [2.05, 4.69) is 86.2 Å². The van der Waals surface area contributed by atoms with Crippen molar-refractivity contribution in [3.63, 3.8) is 0 Å². The lowest BCUT2D eigenvalue weighted by molar-refractivity contribution is -0.211. The molecule has 2 aliphatic rings. The van der Waals surface area contributed by atoms with Crippen molar-refractivity contribution in [2.24, 2.45) is 5.41 Å². The fraction of sp³-hybridized carbons (Fsp3) is 0.389. The maximum absolute atomic E-state index is 13.9. The third kappa shape index (κ3) is 3.59. The fourth-order valence-corrected chi connectivity index (χ4v) is 7.33. The molecule has 0 unspecified atom stereocenters. The minimum absolute atomic E-state index is 0.0695. The van der Waals surface area contributed by atoms with Gasteiger partial charge in [0.1, 0.15) is 0 Å². The van der Waals surface area contributed by atoms with Crippen LogP contribution in [0, 0.1) is 19.3 Å². The third-order valence-electron chi connectivity index (χ3n) is 9.69. The summed E-state index contributed by atoms with van der Waals surface area (Å²) in [5.41, 5.74) is 9.45. The first-order valence-corrected chi connectivity index (χ1v) is 15.0. The molecule has 5 aromatic rings. The smallest absolute Gasteiger partial charge is 0.349 e. The molecule has 3 heterocycles. The second-order valence-corrected chi connectivity index (χ2v) is 13.7. The Morgan fingerprint density at radius 3 is 2.21 bits per heavy atom. The van der Waals surface area contributed by atoms with Crippen LogP contribution in [0.15, 0.2) is 48.5 Å². The van der Waals surface area contributed by atoms with E-state index in [-0.39, 0.29) is 6.42 Å². The molecule has 0 amide bonds. The lowest BCUT2D eigenvalue weighted by Crippen LogP contribution is -2.34. The van der Waals surface area contributed by atoms with Crippen LogP contribution in [0.3, 0.4) is 0 Å². The van der Waals surface area contributed by atoms with E-state index in [0.717, 1.165) is 39.8 Å². The van der Waals surface area contributed by atoms with Crippen LogP contribution >= 0.6 is 0 Å². The van der Waals surface area contributed by atoms with Gasteiger partial charge in [-0.1, -0.05) is 52.0 Å². The molecular formula is C36H38F3N3. The number of halogens is 3. The number of hydrogen-bond acceptors (Lipinski definition) is 2. The van der Waals surface area contributed by atoms with Crippen LogP contribution in [-0.4, -0.2) is 23.5 Å². The van der Waals surface area contributed by atoms with Gasteiger partial charge in [-0.05, 0) is 97.3 Å². The van der Waals surface area contributed by atoms with Crippen LogP contribution in [0.4, 0.5) is 30.2 Å². The van der Waals surface area contributed by atoms with Crippen molar-refractivity contribution < 1.29 is 13.2 Å². The van der Waals surface area contributed by atoms with E-state index in [9.17, 15) is 13.2 Å². The van der Waals surface area contributed by atoms with Crippen molar-refractivity contribution in [3.05, 3.63) is 70.8 Å². The Morgan fingerprint density at radius 2 is 1.55 bits per heavy atom. The van der Waals surface area contributed by atoms with Crippen LogP contribution in [-0.2, 0) is 6.42 Å². The summed E-state index contributed by atoms with van der Waals surface area (Å²) >= 11 is 0. The number of fused-ring (bicyclic) bond motifs is 7. The van der Waals surface area contributed by atoms with Crippen LogP contribution in [0.5, 0.6) is 0 Å². The van der Waals surface area contributed by atoms with Gasteiger partial charge in [0.15, 0.2) is 0 Å². The second kappa shape index (κ2) is 8.68. The largest absolute Gasteiger partial charge is 0.394 e. The van der Waals surface area contributed by atoms with Gasteiger partial charge in [0.25, 0.3) is 0 Å². The molecule has 1 aromatic heterocycles. The zero-order valence-corrected chi connectivity index (χ0v) is 25.7. The average molecular weight is 570 g/mol. The molecular weight excluding hydrogens is 531 g/mol. The maximum Gasteiger partial charge on any atom is 0.394 e. The van der Waals surface area contributed by atoms with Crippen molar-refractivity contribution in [2.45, 2.75) is 79.9 Å². The van der Waals surface area contributed by atoms with Crippen LogP contribution < -0.4 is 9.80 Å². The van der Waals surface area contributed by atoms with E-state index in [1.54, 1.807) is 0 Å². The summed E-state index contributed by atoms with van der Waals surface area (Å²) in [6.07, 6.45) is -4.35. The fourth-order valence-electron chi connectivity index (χ4n) is 7.33. The molecule has 3 nitrogen and oxygen atoms in total. The summed E-state index contributed by atoms with van der Waals surface area (Å²) in [4.78, 5) is 4.90. The topological polar surface area (TPSA) is 11.4 Å². The molecule has 0 fully saturated rings. The monoisotopic (exact) mass is 569 g/mol. The first-order valence-electron chi connectivity index (χ1n) is 15.0. The van der Waals surface area contributed by atoms with Crippen LogP contribution in [0.1, 0.15) is 69.7 Å². The van der Waals surface area contributed by atoms with Gasteiger partial charge >= 0.3 is 6.18 Å². The van der Waals surface area contributed by atoms with E-state index in [0.29, 0.717) is 17.5 Å². The third-order valence-corrected chi connectivity index (χ3v) is 9.69. The molecule has 7 rings (SSSR count). The Hall–Kier alpha value is -3.67. The summed E-state index contributed by atoms with van der Waals surface area (Å²) in [6, 6.07) is 17.6. The number of rotatable bonds is 4. The summed E-state index contributed by atoms with van der Waals surface area (Å²) in [5.74, 6) is 0.423. The van der Waals surface area contributed by atoms with Crippen molar-refractivity contribution in [1.82, 2.24) is 4.57 Å². The Bertz CT molecular complexity index is 1940. The molecule has 0 bridgehead atoms. The van der Waals surface area contributed by atoms with Crippen molar-refractivity contribution >= 4 is 49.6 Å². The Kier molecular flexibility index (Phi) is 5.62. The summed E-state index contributed by atoms with van der Waals surface area (Å²) in [6.45, 7) is 16.7. The Labute approximate surface area is 245 Å². The van der Waals surface area contributed by atoms with Crippen molar-refractivity contribution in [1.29, 1.82) is 0 Å². The van der Waals surface area contributed by atoms with Crippen molar-refractivity contribution in [2.75, 3.05) is 16.5 Å². The molecule has 0 N–H and O–H groups in total. The molecule has 0 radical (unpaired) electrons. The minimum atomic E-state index is -4.28. The quantitative estimate of drug-likeness (QED) is 0.213. The van der Waals surface area contributed by atoms with E-state index in [1.807, 2.05) is 18.2 Å². The van der Waals surface area contributed by atoms with Gasteiger partial charge in [-0.25, -0.2) is 0 Å². The number of anilines is 3. The highest BCUT2D eigenvalue weighted by Gasteiger charge is 2.47. The molecule has 0 spiro atoms.